The van der Waals surface area contributed by atoms with E-state index in [-0.39, 0.29) is 0 Å². The minimum atomic E-state index is 0.514. The van der Waals surface area contributed by atoms with Gasteiger partial charge in [-0.15, -0.1) is 0 Å². The Kier molecular flexibility index (Phi) is 3.80. The summed E-state index contributed by atoms with van der Waals surface area (Å²) in [5.74, 6) is 1.06. The SMILES string of the molecule is Cc1cccc2[nH]c(CCN[C@H]3CCCOC3)nc12. The van der Waals surface area contributed by atoms with Crippen LogP contribution in [-0.2, 0) is 11.2 Å². The number of benzene rings is 1. The molecule has 2 N–H and O–H groups in total. The maximum atomic E-state index is 5.46. The van der Waals surface area contributed by atoms with Crippen molar-refractivity contribution in [2.75, 3.05) is 19.8 Å². The predicted octanol–water partition coefficient (Wildman–Crippen LogP) is 2.18. The molecule has 0 spiro atoms. The van der Waals surface area contributed by atoms with Crippen LogP contribution in [0, 0.1) is 6.92 Å². The molecule has 19 heavy (non-hydrogen) atoms. The van der Waals surface area contributed by atoms with E-state index in [0.29, 0.717) is 6.04 Å². The van der Waals surface area contributed by atoms with E-state index in [9.17, 15) is 0 Å². The molecule has 1 aromatic carbocycles. The Morgan fingerprint density at radius 2 is 2.42 bits per heavy atom. The Morgan fingerprint density at radius 3 is 3.21 bits per heavy atom. The molecule has 4 nitrogen and oxygen atoms in total. The lowest BCUT2D eigenvalue weighted by molar-refractivity contribution is 0.0707. The van der Waals surface area contributed by atoms with Gasteiger partial charge < -0.3 is 15.0 Å². The largest absolute Gasteiger partial charge is 0.380 e. The maximum Gasteiger partial charge on any atom is 0.108 e. The first-order chi connectivity index (χ1) is 9.33. The molecule has 0 saturated carbocycles. The van der Waals surface area contributed by atoms with Gasteiger partial charge in [0, 0.05) is 25.6 Å². The Balaban J connectivity index is 1.57. The standard InChI is InChI=1S/C15H21N3O/c1-11-4-2-6-13-15(11)18-14(17-13)7-8-16-12-5-3-9-19-10-12/h2,4,6,12,16H,3,5,7-10H2,1H3,(H,17,18)/t12-/m0/s1. The number of H-pyrrole nitrogens is 1. The van der Waals surface area contributed by atoms with Crippen molar-refractivity contribution in [2.24, 2.45) is 0 Å². The third kappa shape index (κ3) is 2.96. The first-order valence-electron chi connectivity index (χ1n) is 7.08. The van der Waals surface area contributed by atoms with E-state index in [2.05, 4.69) is 40.4 Å². The minimum Gasteiger partial charge on any atom is -0.380 e. The van der Waals surface area contributed by atoms with Crippen molar-refractivity contribution in [3.63, 3.8) is 0 Å². The lowest BCUT2D eigenvalue weighted by Crippen LogP contribution is -2.37. The smallest absolute Gasteiger partial charge is 0.108 e. The van der Waals surface area contributed by atoms with Crippen LogP contribution in [0.4, 0.5) is 0 Å². The number of rotatable bonds is 4. The lowest BCUT2D eigenvalue weighted by Gasteiger charge is -2.22. The van der Waals surface area contributed by atoms with Crippen LogP contribution in [0.15, 0.2) is 18.2 Å². The zero-order valence-corrected chi connectivity index (χ0v) is 11.4. The molecular formula is C15H21N3O. The molecule has 0 bridgehead atoms. The molecule has 0 amide bonds. The first-order valence-corrected chi connectivity index (χ1v) is 7.08. The minimum absolute atomic E-state index is 0.514. The summed E-state index contributed by atoms with van der Waals surface area (Å²) in [4.78, 5) is 8.06. The van der Waals surface area contributed by atoms with Gasteiger partial charge in [-0.05, 0) is 31.4 Å². The zero-order valence-electron chi connectivity index (χ0n) is 11.4. The molecule has 1 aliphatic heterocycles. The maximum absolute atomic E-state index is 5.46. The van der Waals surface area contributed by atoms with Crippen LogP contribution in [0.5, 0.6) is 0 Å². The molecule has 1 aromatic heterocycles. The molecule has 1 aliphatic rings. The zero-order chi connectivity index (χ0) is 13.1. The summed E-state index contributed by atoms with van der Waals surface area (Å²) < 4.78 is 5.46. The summed E-state index contributed by atoms with van der Waals surface area (Å²) >= 11 is 0. The van der Waals surface area contributed by atoms with Crippen molar-refractivity contribution in [3.8, 4) is 0 Å². The van der Waals surface area contributed by atoms with Gasteiger partial charge in [-0.1, -0.05) is 12.1 Å². The van der Waals surface area contributed by atoms with Crippen LogP contribution in [0.2, 0.25) is 0 Å². The number of imidazole rings is 1. The van der Waals surface area contributed by atoms with E-state index >= 15 is 0 Å². The van der Waals surface area contributed by atoms with Gasteiger partial charge in [-0.2, -0.15) is 0 Å². The van der Waals surface area contributed by atoms with Crippen LogP contribution in [0.3, 0.4) is 0 Å². The average molecular weight is 259 g/mol. The van der Waals surface area contributed by atoms with E-state index in [1.54, 1.807) is 0 Å². The van der Waals surface area contributed by atoms with Crippen molar-refractivity contribution < 1.29 is 4.74 Å². The van der Waals surface area contributed by atoms with Crippen LogP contribution in [-0.4, -0.2) is 35.8 Å². The number of hydrogen-bond acceptors (Lipinski definition) is 3. The van der Waals surface area contributed by atoms with Crippen molar-refractivity contribution in [1.82, 2.24) is 15.3 Å². The summed E-state index contributed by atoms with van der Waals surface area (Å²) in [7, 11) is 0. The van der Waals surface area contributed by atoms with Crippen LogP contribution < -0.4 is 5.32 Å². The van der Waals surface area contributed by atoms with Crippen molar-refractivity contribution in [3.05, 3.63) is 29.6 Å². The molecule has 2 heterocycles. The number of fused-ring (bicyclic) bond motifs is 1. The molecule has 1 fully saturated rings. The highest BCUT2D eigenvalue weighted by molar-refractivity contribution is 5.78. The van der Waals surface area contributed by atoms with Gasteiger partial charge in [-0.3, -0.25) is 0 Å². The monoisotopic (exact) mass is 259 g/mol. The van der Waals surface area contributed by atoms with E-state index < -0.39 is 0 Å². The second-order valence-corrected chi connectivity index (χ2v) is 5.27. The lowest BCUT2D eigenvalue weighted by atomic mass is 10.1. The van der Waals surface area contributed by atoms with E-state index in [1.165, 1.54) is 18.4 Å². The normalized spacial score (nSPS) is 19.9. The highest BCUT2D eigenvalue weighted by Gasteiger charge is 2.13. The van der Waals surface area contributed by atoms with Crippen molar-refractivity contribution in [2.45, 2.75) is 32.2 Å². The number of aromatic amines is 1. The molecule has 2 aromatic rings. The molecule has 1 atom stereocenters. The van der Waals surface area contributed by atoms with Gasteiger partial charge in [0.2, 0.25) is 0 Å². The van der Waals surface area contributed by atoms with Crippen LogP contribution in [0.1, 0.15) is 24.2 Å². The Morgan fingerprint density at radius 1 is 1.47 bits per heavy atom. The summed E-state index contributed by atoms with van der Waals surface area (Å²) in [6.07, 6.45) is 3.32. The first kappa shape index (κ1) is 12.6. The van der Waals surface area contributed by atoms with Gasteiger partial charge in [0.25, 0.3) is 0 Å². The number of aromatic nitrogens is 2. The van der Waals surface area contributed by atoms with Crippen LogP contribution >= 0.6 is 0 Å². The van der Waals surface area contributed by atoms with Gasteiger partial charge in [0.1, 0.15) is 5.82 Å². The number of nitrogens with one attached hydrogen (secondary N) is 2. The fourth-order valence-corrected chi connectivity index (χ4v) is 2.64. The number of aryl methyl sites for hydroxylation is 1. The summed E-state index contributed by atoms with van der Waals surface area (Å²) in [5, 5.41) is 3.54. The van der Waals surface area contributed by atoms with Gasteiger partial charge in [-0.25, -0.2) is 4.98 Å². The Bertz CT molecular complexity index is 543. The second-order valence-electron chi connectivity index (χ2n) is 5.27. The molecule has 0 radical (unpaired) electrons. The molecule has 1 saturated heterocycles. The van der Waals surface area contributed by atoms with Crippen LogP contribution in [0.25, 0.3) is 11.0 Å². The summed E-state index contributed by atoms with van der Waals surface area (Å²) in [5.41, 5.74) is 3.46. The van der Waals surface area contributed by atoms with E-state index in [0.717, 1.165) is 43.0 Å². The number of para-hydroxylation sites is 1. The highest BCUT2D eigenvalue weighted by Crippen LogP contribution is 2.15. The van der Waals surface area contributed by atoms with E-state index in [1.807, 2.05) is 0 Å². The van der Waals surface area contributed by atoms with Crippen molar-refractivity contribution >= 4 is 11.0 Å². The Labute approximate surface area is 113 Å². The predicted molar refractivity (Wildman–Crippen MR) is 76.4 cm³/mol. The topological polar surface area (TPSA) is 49.9 Å². The highest BCUT2D eigenvalue weighted by atomic mass is 16.5. The second kappa shape index (κ2) is 5.72. The third-order valence-corrected chi connectivity index (χ3v) is 3.72. The van der Waals surface area contributed by atoms with Crippen molar-refractivity contribution in [1.29, 1.82) is 0 Å². The molecule has 0 aliphatic carbocycles. The Hall–Kier alpha value is -1.39. The van der Waals surface area contributed by atoms with Gasteiger partial charge in [0.05, 0.1) is 17.6 Å². The number of ether oxygens (including phenoxy) is 1. The molecule has 0 unspecified atom stereocenters. The van der Waals surface area contributed by atoms with Gasteiger partial charge >= 0.3 is 0 Å². The van der Waals surface area contributed by atoms with Gasteiger partial charge in [0.15, 0.2) is 0 Å². The molecule has 102 valence electrons. The molecule has 4 heteroatoms. The summed E-state index contributed by atoms with van der Waals surface area (Å²) in [6.45, 7) is 4.82. The molecular weight excluding hydrogens is 238 g/mol. The quantitative estimate of drug-likeness (QED) is 0.885. The van der Waals surface area contributed by atoms with E-state index in [4.69, 9.17) is 4.74 Å². The average Bonchev–Trinajstić information content (AvgIpc) is 2.84. The molecule has 3 rings (SSSR count). The fraction of sp³-hybridized carbons (Fsp3) is 0.533. The third-order valence-electron chi connectivity index (χ3n) is 3.72. The fourth-order valence-electron chi connectivity index (χ4n) is 2.64. The summed E-state index contributed by atoms with van der Waals surface area (Å²) in [6, 6.07) is 6.77. The number of nitrogens with zero attached hydrogens (tertiary/aromatic N) is 1. The number of hydrogen-bond donors (Lipinski definition) is 2.